The van der Waals surface area contributed by atoms with Gasteiger partial charge in [0.05, 0.1) is 0 Å². The Morgan fingerprint density at radius 2 is 2.55 bits per heavy atom. The molecule has 58 valence electrons. The molecule has 11 heavy (non-hydrogen) atoms. The molecule has 1 aromatic rings. The first-order chi connectivity index (χ1) is 5.38. The van der Waals surface area contributed by atoms with Gasteiger partial charge in [-0.2, -0.15) is 0 Å². The van der Waals surface area contributed by atoms with E-state index in [1.807, 2.05) is 0 Å². The largest absolute Gasteiger partial charge is 0.363 e. The highest BCUT2D eigenvalue weighted by molar-refractivity contribution is 5.94. The maximum absolute atomic E-state index is 11.1. The SMILES string of the molecule is O=C1CCCN1c1ccon1. The summed E-state index contributed by atoms with van der Waals surface area (Å²) in [6.45, 7) is 0.769. The summed E-state index contributed by atoms with van der Waals surface area (Å²) in [5.74, 6) is 0.770. The molecule has 1 saturated heterocycles. The number of nitrogens with zero attached hydrogens (tertiary/aromatic N) is 2. The van der Waals surface area contributed by atoms with Gasteiger partial charge < -0.3 is 4.52 Å². The Bertz CT molecular complexity index is 255. The highest BCUT2D eigenvalue weighted by Crippen LogP contribution is 2.18. The molecular weight excluding hydrogens is 144 g/mol. The van der Waals surface area contributed by atoms with E-state index in [1.54, 1.807) is 11.0 Å². The second-order valence-electron chi connectivity index (χ2n) is 2.51. The summed E-state index contributed by atoms with van der Waals surface area (Å²) in [5.41, 5.74) is 0. The number of hydrogen-bond donors (Lipinski definition) is 0. The lowest BCUT2D eigenvalue weighted by Crippen LogP contribution is -2.23. The van der Waals surface area contributed by atoms with Crippen LogP contribution in [0.1, 0.15) is 12.8 Å². The van der Waals surface area contributed by atoms with E-state index in [0.717, 1.165) is 13.0 Å². The molecule has 1 aliphatic rings. The standard InChI is InChI=1S/C7H8N2O2/c10-7-2-1-4-9(7)6-3-5-11-8-6/h3,5H,1-2,4H2. The van der Waals surface area contributed by atoms with E-state index >= 15 is 0 Å². The van der Waals surface area contributed by atoms with Crippen molar-refractivity contribution in [3.8, 4) is 0 Å². The number of amides is 1. The van der Waals surface area contributed by atoms with Crippen molar-refractivity contribution in [2.75, 3.05) is 11.4 Å². The number of aromatic nitrogens is 1. The van der Waals surface area contributed by atoms with E-state index in [9.17, 15) is 4.79 Å². The van der Waals surface area contributed by atoms with Crippen LogP contribution in [0.5, 0.6) is 0 Å². The van der Waals surface area contributed by atoms with Gasteiger partial charge >= 0.3 is 0 Å². The van der Waals surface area contributed by atoms with Crippen molar-refractivity contribution >= 4 is 11.7 Å². The van der Waals surface area contributed by atoms with Crippen LogP contribution in [0.25, 0.3) is 0 Å². The molecule has 0 aliphatic carbocycles. The molecule has 0 saturated carbocycles. The quantitative estimate of drug-likeness (QED) is 0.598. The number of carbonyl (C=O) groups is 1. The molecular formula is C7H8N2O2. The Labute approximate surface area is 63.8 Å². The van der Waals surface area contributed by atoms with Crippen LogP contribution in [0.3, 0.4) is 0 Å². The maximum atomic E-state index is 11.1. The highest BCUT2D eigenvalue weighted by atomic mass is 16.5. The van der Waals surface area contributed by atoms with Gasteiger partial charge in [0, 0.05) is 19.0 Å². The number of hydrogen-bond acceptors (Lipinski definition) is 3. The summed E-state index contributed by atoms with van der Waals surface area (Å²) in [4.78, 5) is 12.8. The lowest BCUT2D eigenvalue weighted by atomic mass is 10.4. The molecule has 0 radical (unpaired) electrons. The zero-order valence-corrected chi connectivity index (χ0v) is 5.99. The predicted octanol–water partition coefficient (Wildman–Crippen LogP) is 0.801. The van der Waals surface area contributed by atoms with Crippen LogP contribution in [0.4, 0.5) is 5.82 Å². The van der Waals surface area contributed by atoms with Crippen LogP contribution in [-0.4, -0.2) is 17.6 Å². The average molecular weight is 152 g/mol. The van der Waals surface area contributed by atoms with Crippen molar-refractivity contribution in [1.29, 1.82) is 0 Å². The Hall–Kier alpha value is -1.32. The Kier molecular flexibility index (Phi) is 1.38. The average Bonchev–Trinajstić information content (AvgIpc) is 2.55. The van der Waals surface area contributed by atoms with Gasteiger partial charge in [0.2, 0.25) is 5.91 Å². The van der Waals surface area contributed by atoms with Crippen molar-refractivity contribution in [2.24, 2.45) is 0 Å². The number of carbonyl (C=O) groups excluding carboxylic acids is 1. The van der Waals surface area contributed by atoms with Crippen LogP contribution in [0.2, 0.25) is 0 Å². The first kappa shape index (κ1) is 6.39. The van der Waals surface area contributed by atoms with Crippen molar-refractivity contribution in [3.63, 3.8) is 0 Å². The fourth-order valence-corrected chi connectivity index (χ4v) is 1.24. The minimum atomic E-state index is 0.138. The normalized spacial score (nSPS) is 17.8. The Morgan fingerprint density at radius 3 is 3.09 bits per heavy atom. The van der Waals surface area contributed by atoms with Gasteiger partial charge in [0.1, 0.15) is 6.26 Å². The summed E-state index contributed by atoms with van der Waals surface area (Å²) in [6.07, 6.45) is 3.03. The van der Waals surface area contributed by atoms with E-state index < -0.39 is 0 Å². The minimum Gasteiger partial charge on any atom is -0.363 e. The maximum Gasteiger partial charge on any atom is 0.228 e. The molecule has 4 nitrogen and oxygen atoms in total. The van der Waals surface area contributed by atoms with Gasteiger partial charge in [-0.15, -0.1) is 0 Å². The van der Waals surface area contributed by atoms with Crippen molar-refractivity contribution in [1.82, 2.24) is 5.16 Å². The summed E-state index contributed by atoms with van der Waals surface area (Å²) < 4.78 is 4.63. The third-order valence-corrected chi connectivity index (χ3v) is 1.77. The van der Waals surface area contributed by atoms with Gasteiger partial charge in [-0.05, 0) is 6.42 Å². The smallest absolute Gasteiger partial charge is 0.228 e. The van der Waals surface area contributed by atoms with Gasteiger partial charge in [0.15, 0.2) is 5.82 Å². The molecule has 1 aromatic heterocycles. The lowest BCUT2D eigenvalue weighted by Gasteiger charge is -2.09. The molecule has 0 atom stereocenters. The molecule has 0 spiro atoms. The second-order valence-corrected chi connectivity index (χ2v) is 2.51. The molecule has 0 unspecified atom stereocenters. The lowest BCUT2D eigenvalue weighted by molar-refractivity contribution is -0.117. The van der Waals surface area contributed by atoms with E-state index in [1.165, 1.54) is 6.26 Å². The summed E-state index contributed by atoms with van der Waals surface area (Å²) in [5, 5.41) is 3.68. The Morgan fingerprint density at radius 1 is 1.64 bits per heavy atom. The summed E-state index contributed by atoms with van der Waals surface area (Å²) in [6, 6.07) is 1.70. The molecule has 2 rings (SSSR count). The van der Waals surface area contributed by atoms with E-state index in [-0.39, 0.29) is 5.91 Å². The topological polar surface area (TPSA) is 46.3 Å². The van der Waals surface area contributed by atoms with Crippen molar-refractivity contribution in [3.05, 3.63) is 12.3 Å². The zero-order chi connectivity index (χ0) is 7.68. The second kappa shape index (κ2) is 2.38. The molecule has 1 amide bonds. The van der Waals surface area contributed by atoms with Gasteiger partial charge in [-0.1, -0.05) is 5.16 Å². The van der Waals surface area contributed by atoms with Crippen LogP contribution >= 0.6 is 0 Å². The monoisotopic (exact) mass is 152 g/mol. The third-order valence-electron chi connectivity index (χ3n) is 1.77. The van der Waals surface area contributed by atoms with E-state index in [0.29, 0.717) is 12.2 Å². The summed E-state index contributed by atoms with van der Waals surface area (Å²) >= 11 is 0. The van der Waals surface area contributed by atoms with Crippen molar-refractivity contribution < 1.29 is 9.32 Å². The van der Waals surface area contributed by atoms with Crippen LogP contribution in [-0.2, 0) is 4.79 Å². The van der Waals surface area contributed by atoms with Gasteiger partial charge in [-0.3, -0.25) is 9.69 Å². The number of anilines is 1. The molecule has 0 bridgehead atoms. The first-order valence-corrected chi connectivity index (χ1v) is 3.59. The third kappa shape index (κ3) is 1.00. The predicted molar refractivity (Wildman–Crippen MR) is 38.1 cm³/mol. The van der Waals surface area contributed by atoms with Crippen LogP contribution in [0.15, 0.2) is 16.9 Å². The molecule has 2 heterocycles. The van der Waals surface area contributed by atoms with Crippen LogP contribution in [0, 0.1) is 0 Å². The van der Waals surface area contributed by atoms with Gasteiger partial charge in [0.25, 0.3) is 0 Å². The fourth-order valence-electron chi connectivity index (χ4n) is 1.24. The molecule has 4 heteroatoms. The fraction of sp³-hybridized carbons (Fsp3) is 0.429. The minimum absolute atomic E-state index is 0.138. The zero-order valence-electron chi connectivity index (χ0n) is 5.99. The molecule has 0 N–H and O–H groups in total. The molecule has 1 aliphatic heterocycles. The Balaban J connectivity index is 2.23. The van der Waals surface area contributed by atoms with Crippen LogP contribution < -0.4 is 4.90 Å². The van der Waals surface area contributed by atoms with Crippen molar-refractivity contribution in [2.45, 2.75) is 12.8 Å². The highest BCUT2D eigenvalue weighted by Gasteiger charge is 2.23. The molecule has 0 aromatic carbocycles. The summed E-state index contributed by atoms with van der Waals surface area (Å²) in [7, 11) is 0. The molecule has 1 fully saturated rings. The van der Waals surface area contributed by atoms with E-state index in [2.05, 4.69) is 9.68 Å². The van der Waals surface area contributed by atoms with Gasteiger partial charge in [-0.25, -0.2) is 0 Å². The van der Waals surface area contributed by atoms with E-state index in [4.69, 9.17) is 0 Å². The first-order valence-electron chi connectivity index (χ1n) is 3.59. The number of rotatable bonds is 1.